The summed E-state index contributed by atoms with van der Waals surface area (Å²) in [4.78, 5) is 25.8. The van der Waals surface area contributed by atoms with E-state index < -0.39 is 5.97 Å². The van der Waals surface area contributed by atoms with Crippen LogP contribution in [0, 0.1) is 5.92 Å². The van der Waals surface area contributed by atoms with Crippen molar-refractivity contribution in [1.29, 1.82) is 0 Å². The molecule has 132 valence electrons. The Hall–Kier alpha value is -1.40. The molecule has 6 heteroatoms. The zero-order valence-electron chi connectivity index (χ0n) is 14.1. The average molecular weight is 398 g/mol. The Bertz CT molecular complexity index is 592. The number of carboxylic acids is 1. The number of halogens is 1. The number of methoxy groups -OCH3 is 1. The van der Waals surface area contributed by atoms with E-state index in [1.165, 1.54) is 0 Å². The zero-order chi connectivity index (χ0) is 17.7. The minimum absolute atomic E-state index is 0.0288. The standard InChI is InChI=1S/C18H24BrNO4/c1-3-13(7-12-5-4-6-14(19)8-12)18(23)20-11-16(24-2)9-15(20)10-17(21)22/h4-6,8,13,15-16H,3,7,9-11H2,1-2H3,(H,21,22). The number of benzene rings is 1. The minimum Gasteiger partial charge on any atom is -0.481 e. The molecule has 24 heavy (non-hydrogen) atoms. The van der Waals surface area contributed by atoms with Crippen LogP contribution >= 0.6 is 15.9 Å². The average Bonchev–Trinajstić information content (AvgIpc) is 2.94. The number of carbonyl (C=O) groups excluding carboxylic acids is 1. The van der Waals surface area contributed by atoms with Gasteiger partial charge >= 0.3 is 5.97 Å². The summed E-state index contributed by atoms with van der Waals surface area (Å²) in [7, 11) is 1.61. The van der Waals surface area contributed by atoms with Gasteiger partial charge in [-0.25, -0.2) is 0 Å². The van der Waals surface area contributed by atoms with Crippen molar-refractivity contribution in [3.8, 4) is 0 Å². The number of hydrogen-bond donors (Lipinski definition) is 1. The highest BCUT2D eigenvalue weighted by Gasteiger charge is 2.38. The molecule has 0 aliphatic carbocycles. The topological polar surface area (TPSA) is 66.8 Å². The van der Waals surface area contributed by atoms with Crippen LogP contribution in [0.3, 0.4) is 0 Å². The van der Waals surface area contributed by atoms with Crippen LogP contribution in [0.2, 0.25) is 0 Å². The van der Waals surface area contributed by atoms with Crippen molar-refractivity contribution in [3.63, 3.8) is 0 Å². The Morgan fingerprint density at radius 1 is 1.46 bits per heavy atom. The highest BCUT2D eigenvalue weighted by molar-refractivity contribution is 9.10. The van der Waals surface area contributed by atoms with Gasteiger partial charge in [0.05, 0.1) is 12.5 Å². The van der Waals surface area contributed by atoms with Gasteiger partial charge in [-0.05, 0) is 37.0 Å². The third-order valence-corrected chi connectivity index (χ3v) is 5.11. The molecule has 2 rings (SSSR count). The number of rotatable bonds is 7. The van der Waals surface area contributed by atoms with Crippen molar-refractivity contribution in [2.24, 2.45) is 5.92 Å². The van der Waals surface area contributed by atoms with Gasteiger partial charge in [0.25, 0.3) is 0 Å². The Kier molecular flexibility index (Phi) is 6.80. The molecule has 1 aliphatic heterocycles. The van der Waals surface area contributed by atoms with Crippen molar-refractivity contribution >= 4 is 27.8 Å². The second kappa shape index (κ2) is 8.62. The second-order valence-electron chi connectivity index (χ2n) is 6.27. The first-order valence-corrected chi connectivity index (χ1v) is 9.03. The van der Waals surface area contributed by atoms with E-state index in [1.54, 1.807) is 12.0 Å². The summed E-state index contributed by atoms with van der Waals surface area (Å²) in [5.74, 6) is -0.996. The number of carboxylic acid groups (broad SMARTS) is 1. The molecule has 0 aromatic heterocycles. The van der Waals surface area contributed by atoms with Crippen LogP contribution in [0.5, 0.6) is 0 Å². The van der Waals surface area contributed by atoms with Crippen molar-refractivity contribution < 1.29 is 19.4 Å². The summed E-state index contributed by atoms with van der Waals surface area (Å²) in [5, 5.41) is 9.11. The zero-order valence-corrected chi connectivity index (χ0v) is 15.7. The smallest absolute Gasteiger partial charge is 0.305 e. The van der Waals surface area contributed by atoms with Crippen LogP contribution in [-0.2, 0) is 20.7 Å². The molecular formula is C18H24BrNO4. The van der Waals surface area contributed by atoms with Crippen molar-refractivity contribution in [1.82, 2.24) is 4.90 Å². The number of aliphatic carboxylic acids is 1. The van der Waals surface area contributed by atoms with Gasteiger partial charge < -0.3 is 14.7 Å². The van der Waals surface area contributed by atoms with E-state index in [0.29, 0.717) is 19.4 Å². The Labute approximate surface area is 151 Å². The van der Waals surface area contributed by atoms with E-state index in [0.717, 1.165) is 16.5 Å². The predicted molar refractivity (Wildman–Crippen MR) is 94.8 cm³/mol. The molecule has 0 bridgehead atoms. The lowest BCUT2D eigenvalue weighted by atomic mass is 9.95. The lowest BCUT2D eigenvalue weighted by Crippen LogP contribution is -2.41. The molecule has 0 radical (unpaired) electrons. The molecule has 1 amide bonds. The van der Waals surface area contributed by atoms with Crippen molar-refractivity contribution in [2.75, 3.05) is 13.7 Å². The van der Waals surface area contributed by atoms with Gasteiger partial charge in [-0.1, -0.05) is 35.0 Å². The van der Waals surface area contributed by atoms with Crippen LogP contribution in [0.25, 0.3) is 0 Å². The van der Waals surface area contributed by atoms with Gasteiger partial charge in [-0.3, -0.25) is 9.59 Å². The van der Waals surface area contributed by atoms with Crippen LogP contribution < -0.4 is 0 Å². The normalized spacial score (nSPS) is 21.7. The molecule has 3 atom stereocenters. The molecule has 3 unspecified atom stereocenters. The maximum atomic E-state index is 13.0. The van der Waals surface area contributed by atoms with Gasteiger partial charge in [-0.15, -0.1) is 0 Å². The first kappa shape index (κ1) is 18.9. The monoisotopic (exact) mass is 397 g/mol. The number of amides is 1. The largest absolute Gasteiger partial charge is 0.481 e. The highest BCUT2D eigenvalue weighted by atomic mass is 79.9. The van der Waals surface area contributed by atoms with Gasteiger partial charge in [0, 0.05) is 30.1 Å². The summed E-state index contributed by atoms with van der Waals surface area (Å²) in [6.07, 6.45) is 1.85. The van der Waals surface area contributed by atoms with Gasteiger partial charge in [0.2, 0.25) is 5.91 Å². The fraction of sp³-hybridized carbons (Fsp3) is 0.556. The molecule has 5 nitrogen and oxygen atoms in total. The van der Waals surface area contributed by atoms with Crippen LogP contribution in [0.15, 0.2) is 28.7 Å². The van der Waals surface area contributed by atoms with E-state index >= 15 is 0 Å². The maximum absolute atomic E-state index is 13.0. The number of nitrogens with zero attached hydrogens (tertiary/aromatic N) is 1. The SMILES string of the molecule is CCC(Cc1cccc(Br)c1)C(=O)N1CC(OC)CC1CC(=O)O. The molecule has 1 N–H and O–H groups in total. The third kappa shape index (κ3) is 4.80. The van der Waals surface area contributed by atoms with Crippen LogP contribution in [-0.4, -0.2) is 47.7 Å². The maximum Gasteiger partial charge on any atom is 0.305 e. The fourth-order valence-corrected chi connectivity index (χ4v) is 3.75. The van der Waals surface area contributed by atoms with Crippen molar-refractivity contribution in [3.05, 3.63) is 34.3 Å². The second-order valence-corrected chi connectivity index (χ2v) is 7.19. The van der Waals surface area contributed by atoms with E-state index in [1.807, 2.05) is 31.2 Å². The van der Waals surface area contributed by atoms with E-state index in [2.05, 4.69) is 15.9 Å². The van der Waals surface area contributed by atoms with Gasteiger partial charge in [-0.2, -0.15) is 0 Å². The number of ether oxygens (including phenoxy) is 1. The fourth-order valence-electron chi connectivity index (χ4n) is 3.30. The Morgan fingerprint density at radius 3 is 2.79 bits per heavy atom. The highest BCUT2D eigenvalue weighted by Crippen LogP contribution is 2.27. The summed E-state index contributed by atoms with van der Waals surface area (Å²) in [6.45, 7) is 2.47. The molecule has 0 spiro atoms. The third-order valence-electron chi connectivity index (χ3n) is 4.62. The minimum atomic E-state index is -0.880. The Balaban J connectivity index is 2.11. The molecule has 1 aromatic rings. The number of likely N-dealkylation sites (tertiary alicyclic amines) is 1. The van der Waals surface area contributed by atoms with Gasteiger partial charge in [0.15, 0.2) is 0 Å². The summed E-state index contributed by atoms with van der Waals surface area (Å²) in [6, 6.07) is 7.67. The molecule has 1 heterocycles. The molecule has 1 fully saturated rings. The van der Waals surface area contributed by atoms with E-state index in [9.17, 15) is 9.59 Å². The number of carbonyl (C=O) groups is 2. The van der Waals surface area contributed by atoms with Crippen molar-refractivity contribution in [2.45, 2.75) is 44.8 Å². The molecule has 1 saturated heterocycles. The molecule has 0 saturated carbocycles. The number of hydrogen-bond acceptors (Lipinski definition) is 3. The summed E-state index contributed by atoms with van der Waals surface area (Å²) >= 11 is 3.45. The molecule has 1 aliphatic rings. The van der Waals surface area contributed by atoms with E-state index in [4.69, 9.17) is 9.84 Å². The van der Waals surface area contributed by atoms with Crippen LogP contribution in [0.1, 0.15) is 31.7 Å². The molecule has 1 aromatic carbocycles. The Morgan fingerprint density at radius 2 is 2.21 bits per heavy atom. The summed E-state index contributed by atoms with van der Waals surface area (Å²) < 4.78 is 6.35. The molecular weight excluding hydrogens is 374 g/mol. The lowest BCUT2D eigenvalue weighted by Gasteiger charge is -2.27. The predicted octanol–water partition coefficient (Wildman–Crippen LogP) is 3.11. The first-order valence-electron chi connectivity index (χ1n) is 8.24. The van der Waals surface area contributed by atoms with E-state index in [-0.39, 0.29) is 30.4 Å². The van der Waals surface area contributed by atoms with Crippen LogP contribution in [0.4, 0.5) is 0 Å². The summed E-state index contributed by atoms with van der Waals surface area (Å²) in [5.41, 5.74) is 1.10. The van der Waals surface area contributed by atoms with Gasteiger partial charge in [0.1, 0.15) is 0 Å². The quantitative estimate of drug-likeness (QED) is 0.767. The first-order chi connectivity index (χ1) is 11.4. The lowest BCUT2D eigenvalue weighted by molar-refractivity contribution is -0.141.